The van der Waals surface area contributed by atoms with E-state index in [9.17, 15) is 0 Å². The molecule has 1 aromatic rings. The summed E-state index contributed by atoms with van der Waals surface area (Å²) in [6.45, 7) is 7.31. The molecule has 2 aliphatic heterocycles. The molecule has 1 fully saturated rings. The van der Waals surface area contributed by atoms with E-state index in [0.717, 1.165) is 39.0 Å². The quantitative estimate of drug-likeness (QED) is 0.902. The third-order valence-corrected chi connectivity index (χ3v) is 5.25. The third kappa shape index (κ3) is 2.31. The van der Waals surface area contributed by atoms with Gasteiger partial charge in [0.15, 0.2) is 0 Å². The summed E-state index contributed by atoms with van der Waals surface area (Å²) in [7, 11) is 0. The van der Waals surface area contributed by atoms with E-state index in [2.05, 4.69) is 39.8 Å². The molecule has 3 rings (SSSR count). The molecule has 0 amide bonds. The van der Waals surface area contributed by atoms with E-state index in [1.165, 1.54) is 16.0 Å². The molecule has 5 heteroatoms. The van der Waals surface area contributed by atoms with E-state index >= 15 is 0 Å². The SMILES string of the molecule is CCC1C(C)CNc2c(Br)c(C3CCOCC3)nn21. The van der Waals surface area contributed by atoms with Crippen LogP contribution in [0.15, 0.2) is 4.47 Å². The molecule has 3 heterocycles. The van der Waals surface area contributed by atoms with Crippen LogP contribution in [0, 0.1) is 5.92 Å². The molecule has 0 aliphatic carbocycles. The lowest BCUT2D eigenvalue weighted by molar-refractivity contribution is 0.0841. The van der Waals surface area contributed by atoms with E-state index < -0.39 is 0 Å². The monoisotopic (exact) mass is 327 g/mol. The summed E-state index contributed by atoms with van der Waals surface area (Å²) in [6.07, 6.45) is 3.31. The molecule has 0 saturated carbocycles. The number of rotatable bonds is 2. The molecule has 1 saturated heterocycles. The average molecular weight is 328 g/mol. The summed E-state index contributed by atoms with van der Waals surface area (Å²) >= 11 is 3.76. The van der Waals surface area contributed by atoms with Gasteiger partial charge in [0.1, 0.15) is 5.82 Å². The van der Waals surface area contributed by atoms with Crippen LogP contribution in [-0.4, -0.2) is 29.5 Å². The summed E-state index contributed by atoms with van der Waals surface area (Å²) in [5, 5.41) is 8.46. The molecule has 0 bridgehead atoms. The van der Waals surface area contributed by atoms with Crippen LogP contribution in [0.1, 0.15) is 50.8 Å². The highest BCUT2D eigenvalue weighted by molar-refractivity contribution is 9.10. The van der Waals surface area contributed by atoms with Gasteiger partial charge in [0.25, 0.3) is 0 Å². The van der Waals surface area contributed by atoms with Crippen molar-refractivity contribution in [1.82, 2.24) is 9.78 Å². The molecule has 0 spiro atoms. The number of anilines is 1. The molecule has 0 aromatic carbocycles. The fourth-order valence-electron chi connectivity index (χ4n) is 3.27. The van der Waals surface area contributed by atoms with Gasteiger partial charge in [-0.15, -0.1) is 0 Å². The first-order valence-electron chi connectivity index (χ1n) is 7.31. The molecular weight excluding hydrogens is 306 g/mol. The van der Waals surface area contributed by atoms with Crippen LogP contribution in [0.5, 0.6) is 0 Å². The summed E-state index contributed by atoms with van der Waals surface area (Å²) in [6, 6.07) is 0.515. The first-order chi connectivity index (χ1) is 9.22. The zero-order valence-electron chi connectivity index (χ0n) is 11.7. The van der Waals surface area contributed by atoms with Gasteiger partial charge in [-0.3, -0.25) is 0 Å². The van der Waals surface area contributed by atoms with Gasteiger partial charge >= 0.3 is 0 Å². The summed E-state index contributed by atoms with van der Waals surface area (Å²) < 4.78 is 8.84. The molecular formula is C14H22BrN3O. The topological polar surface area (TPSA) is 39.1 Å². The highest BCUT2D eigenvalue weighted by Crippen LogP contribution is 2.41. The highest BCUT2D eigenvalue weighted by atomic mass is 79.9. The van der Waals surface area contributed by atoms with Crippen molar-refractivity contribution in [3.8, 4) is 0 Å². The number of nitrogens with zero attached hydrogens (tertiary/aromatic N) is 2. The van der Waals surface area contributed by atoms with Gasteiger partial charge in [-0.2, -0.15) is 5.10 Å². The molecule has 19 heavy (non-hydrogen) atoms. The number of aromatic nitrogens is 2. The maximum absolute atomic E-state index is 5.46. The first-order valence-corrected chi connectivity index (χ1v) is 8.11. The Morgan fingerprint density at radius 3 is 2.84 bits per heavy atom. The van der Waals surface area contributed by atoms with Gasteiger partial charge in [0.2, 0.25) is 0 Å². The average Bonchev–Trinajstić information content (AvgIpc) is 2.77. The smallest absolute Gasteiger partial charge is 0.139 e. The number of hydrogen-bond donors (Lipinski definition) is 1. The van der Waals surface area contributed by atoms with Gasteiger partial charge in [-0.05, 0) is 41.1 Å². The van der Waals surface area contributed by atoms with Crippen LogP contribution < -0.4 is 5.32 Å². The second kappa shape index (κ2) is 5.44. The third-order valence-electron chi connectivity index (χ3n) is 4.47. The lowest BCUT2D eigenvalue weighted by atomic mass is 9.96. The van der Waals surface area contributed by atoms with Gasteiger partial charge < -0.3 is 10.1 Å². The van der Waals surface area contributed by atoms with E-state index in [-0.39, 0.29) is 0 Å². The first kappa shape index (κ1) is 13.4. The molecule has 0 radical (unpaired) electrons. The van der Waals surface area contributed by atoms with E-state index in [0.29, 0.717) is 17.9 Å². The van der Waals surface area contributed by atoms with Crippen molar-refractivity contribution in [3.05, 3.63) is 10.2 Å². The lowest BCUT2D eigenvalue weighted by Gasteiger charge is -2.30. The van der Waals surface area contributed by atoms with Crippen molar-refractivity contribution < 1.29 is 4.74 Å². The number of nitrogens with one attached hydrogen (secondary N) is 1. The largest absolute Gasteiger partial charge is 0.381 e. The van der Waals surface area contributed by atoms with Crippen LogP contribution >= 0.6 is 15.9 Å². The molecule has 2 atom stereocenters. The molecule has 1 aromatic heterocycles. The number of fused-ring (bicyclic) bond motifs is 1. The zero-order chi connectivity index (χ0) is 13.4. The molecule has 1 N–H and O–H groups in total. The molecule has 106 valence electrons. The summed E-state index contributed by atoms with van der Waals surface area (Å²) in [5.74, 6) is 2.34. The van der Waals surface area contributed by atoms with E-state index in [1.54, 1.807) is 0 Å². The number of ether oxygens (including phenoxy) is 1. The number of halogens is 1. The Kier molecular flexibility index (Phi) is 3.85. The number of hydrogen-bond acceptors (Lipinski definition) is 3. The van der Waals surface area contributed by atoms with Crippen molar-refractivity contribution in [2.45, 2.75) is 45.1 Å². The predicted octanol–water partition coefficient (Wildman–Crippen LogP) is 3.55. The second-order valence-corrected chi connectivity index (χ2v) is 6.51. The zero-order valence-corrected chi connectivity index (χ0v) is 13.2. The van der Waals surface area contributed by atoms with Crippen molar-refractivity contribution in [2.75, 3.05) is 25.1 Å². The molecule has 2 unspecified atom stereocenters. The van der Waals surface area contributed by atoms with Gasteiger partial charge in [0, 0.05) is 25.7 Å². The highest BCUT2D eigenvalue weighted by Gasteiger charge is 2.31. The Labute approximate surface area is 123 Å². The fourth-order valence-corrected chi connectivity index (χ4v) is 4.00. The normalized spacial score (nSPS) is 27.9. The molecule has 2 aliphatic rings. The molecule has 4 nitrogen and oxygen atoms in total. The van der Waals surface area contributed by atoms with Crippen LogP contribution in [0.2, 0.25) is 0 Å². The maximum Gasteiger partial charge on any atom is 0.139 e. The minimum Gasteiger partial charge on any atom is -0.381 e. The van der Waals surface area contributed by atoms with Crippen molar-refractivity contribution in [2.24, 2.45) is 5.92 Å². The fraction of sp³-hybridized carbons (Fsp3) is 0.786. The van der Waals surface area contributed by atoms with Crippen LogP contribution in [-0.2, 0) is 4.74 Å². The standard InChI is InChI=1S/C14H22BrN3O/c1-3-11-9(2)8-16-14-12(15)13(17-18(11)14)10-4-6-19-7-5-10/h9-11,16H,3-8H2,1-2H3. The lowest BCUT2D eigenvalue weighted by Crippen LogP contribution is -2.31. The van der Waals surface area contributed by atoms with Crippen LogP contribution in [0.3, 0.4) is 0 Å². The van der Waals surface area contributed by atoms with Gasteiger partial charge in [0.05, 0.1) is 16.2 Å². The predicted molar refractivity (Wildman–Crippen MR) is 79.7 cm³/mol. The van der Waals surface area contributed by atoms with Crippen LogP contribution in [0.4, 0.5) is 5.82 Å². The van der Waals surface area contributed by atoms with Crippen LogP contribution in [0.25, 0.3) is 0 Å². The Morgan fingerprint density at radius 1 is 1.42 bits per heavy atom. The Bertz CT molecular complexity index is 454. The van der Waals surface area contributed by atoms with Crippen molar-refractivity contribution >= 4 is 21.7 Å². The minimum atomic E-state index is 0.515. The van der Waals surface area contributed by atoms with E-state index in [1.807, 2.05) is 0 Å². The Morgan fingerprint density at radius 2 is 2.16 bits per heavy atom. The van der Waals surface area contributed by atoms with Crippen molar-refractivity contribution in [3.63, 3.8) is 0 Å². The summed E-state index contributed by atoms with van der Waals surface area (Å²) in [4.78, 5) is 0. The maximum atomic E-state index is 5.46. The summed E-state index contributed by atoms with van der Waals surface area (Å²) in [5.41, 5.74) is 1.22. The van der Waals surface area contributed by atoms with Gasteiger partial charge in [-0.25, -0.2) is 4.68 Å². The second-order valence-electron chi connectivity index (χ2n) is 5.71. The Hall–Kier alpha value is -0.550. The van der Waals surface area contributed by atoms with Crippen molar-refractivity contribution in [1.29, 1.82) is 0 Å². The minimum absolute atomic E-state index is 0.515. The van der Waals surface area contributed by atoms with Gasteiger partial charge in [-0.1, -0.05) is 13.8 Å². The van der Waals surface area contributed by atoms with E-state index in [4.69, 9.17) is 9.84 Å². The Balaban J connectivity index is 1.95.